The van der Waals surface area contributed by atoms with Gasteiger partial charge in [0.25, 0.3) is 0 Å². The zero-order valence-electron chi connectivity index (χ0n) is 21.6. The molecule has 0 heterocycles. The van der Waals surface area contributed by atoms with Crippen LogP contribution < -0.4 is 0 Å². The molecule has 1 N–H and O–H groups in total. The van der Waals surface area contributed by atoms with E-state index in [9.17, 15) is 14.7 Å². The van der Waals surface area contributed by atoms with Gasteiger partial charge in [0, 0.05) is 12.8 Å². The first-order chi connectivity index (χ1) is 16.1. The van der Waals surface area contributed by atoms with E-state index < -0.39 is 24.3 Å². The van der Waals surface area contributed by atoms with Gasteiger partial charge in [-0.2, -0.15) is 0 Å². The number of aliphatic hydroxyl groups is 1. The zero-order valence-corrected chi connectivity index (χ0v) is 21.6. The fourth-order valence-electron chi connectivity index (χ4n) is 9.79. The molecule has 0 aromatic heterocycles. The highest BCUT2D eigenvalue weighted by atomic mass is 19.1. The summed E-state index contributed by atoms with van der Waals surface area (Å²) in [4.78, 5) is 25.9. The van der Waals surface area contributed by atoms with Crippen molar-refractivity contribution in [3.05, 3.63) is 0 Å². The van der Waals surface area contributed by atoms with Crippen LogP contribution in [0.3, 0.4) is 0 Å². The number of rotatable bonds is 6. The summed E-state index contributed by atoms with van der Waals surface area (Å²) in [6, 6.07) is 0. The summed E-state index contributed by atoms with van der Waals surface area (Å²) in [6.07, 6.45) is 6.73. The van der Waals surface area contributed by atoms with Crippen LogP contribution in [0.15, 0.2) is 4.99 Å². The van der Waals surface area contributed by atoms with Gasteiger partial charge in [0.05, 0.1) is 12.6 Å². The molecule has 4 rings (SSSR count). The van der Waals surface area contributed by atoms with E-state index in [1.54, 1.807) is 6.08 Å². The number of isocyanates is 1. The number of nitrogens with zero attached hydrogens (tertiary/aromatic N) is 1. The summed E-state index contributed by atoms with van der Waals surface area (Å²) in [7, 11) is 0. The summed E-state index contributed by atoms with van der Waals surface area (Å²) >= 11 is 0. The molecule has 192 valence electrons. The topological polar surface area (TPSA) is 76.0 Å². The molecule has 5 nitrogen and oxygen atoms in total. The van der Waals surface area contributed by atoms with Crippen molar-refractivity contribution in [3.8, 4) is 0 Å². The first-order valence-electron chi connectivity index (χ1n) is 13.6. The quantitative estimate of drug-likeness (QED) is 0.312. The van der Waals surface area contributed by atoms with Crippen LogP contribution in [0.2, 0.25) is 0 Å². The van der Waals surface area contributed by atoms with E-state index in [4.69, 9.17) is 4.74 Å². The number of esters is 1. The third-order valence-electron chi connectivity index (χ3n) is 11.2. The van der Waals surface area contributed by atoms with Gasteiger partial charge in [-0.25, -0.2) is 14.2 Å². The SMILES string of the molecule is CC[C@H]1[C@@H](O)[C@@H]2[C@H](CC[C@]3(C)[C@@H]([C@H](C)CCN=C=O)CC[C@@H]23)[C@@]2(C)CC[C@@H](OC(C)=O)[C@H](F)[C@@H]12. The predicted octanol–water partition coefficient (Wildman–Crippen LogP) is 5.49. The van der Waals surface area contributed by atoms with E-state index in [-0.39, 0.29) is 28.6 Å². The van der Waals surface area contributed by atoms with E-state index in [2.05, 4.69) is 32.7 Å². The Kier molecular flexibility index (Phi) is 7.33. The van der Waals surface area contributed by atoms with Gasteiger partial charge in [0.1, 0.15) is 12.3 Å². The lowest BCUT2D eigenvalue weighted by atomic mass is 9.41. The molecule has 34 heavy (non-hydrogen) atoms. The van der Waals surface area contributed by atoms with E-state index in [0.717, 1.165) is 44.9 Å². The van der Waals surface area contributed by atoms with Gasteiger partial charge in [0.2, 0.25) is 6.08 Å². The van der Waals surface area contributed by atoms with Crippen molar-refractivity contribution in [2.24, 2.45) is 57.2 Å². The molecule has 0 bridgehead atoms. The van der Waals surface area contributed by atoms with Crippen LogP contribution in [0.4, 0.5) is 4.39 Å². The molecule has 0 saturated heterocycles. The van der Waals surface area contributed by atoms with Crippen LogP contribution in [0, 0.1) is 52.3 Å². The minimum absolute atomic E-state index is 0.111. The second kappa shape index (κ2) is 9.65. The average molecular weight is 478 g/mol. The van der Waals surface area contributed by atoms with Crippen molar-refractivity contribution in [3.63, 3.8) is 0 Å². The lowest BCUT2D eigenvalue weighted by Crippen LogP contribution is -2.65. The smallest absolute Gasteiger partial charge is 0.303 e. The molecule has 0 aromatic rings. The second-order valence-electron chi connectivity index (χ2n) is 12.5. The predicted molar refractivity (Wildman–Crippen MR) is 128 cm³/mol. The van der Waals surface area contributed by atoms with Gasteiger partial charge >= 0.3 is 5.97 Å². The maximum Gasteiger partial charge on any atom is 0.303 e. The molecule has 0 spiro atoms. The molecule has 12 atom stereocenters. The van der Waals surface area contributed by atoms with Gasteiger partial charge in [0.15, 0.2) is 0 Å². The molecule has 0 aromatic carbocycles. The van der Waals surface area contributed by atoms with Gasteiger partial charge in [-0.3, -0.25) is 4.79 Å². The van der Waals surface area contributed by atoms with Crippen molar-refractivity contribution in [2.75, 3.05) is 6.54 Å². The summed E-state index contributed by atoms with van der Waals surface area (Å²) in [5.41, 5.74) is -0.0116. The number of halogens is 1. The Morgan fingerprint density at radius 1 is 1.18 bits per heavy atom. The minimum atomic E-state index is -1.22. The van der Waals surface area contributed by atoms with Crippen LogP contribution >= 0.6 is 0 Å². The summed E-state index contributed by atoms with van der Waals surface area (Å²) in [5, 5.41) is 11.8. The number of ether oxygens (including phenoxy) is 1. The molecular formula is C28H44FNO4. The maximum atomic E-state index is 16.0. The first kappa shape index (κ1) is 25.8. The summed E-state index contributed by atoms with van der Waals surface area (Å²) in [6.45, 7) is 11.0. The van der Waals surface area contributed by atoms with E-state index in [1.165, 1.54) is 6.92 Å². The Bertz CT molecular complexity index is 814. The molecule has 4 fully saturated rings. The van der Waals surface area contributed by atoms with Crippen LogP contribution in [0.1, 0.15) is 86.0 Å². The lowest BCUT2D eigenvalue weighted by Gasteiger charge is -2.65. The number of carbonyl (C=O) groups excluding carboxylic acids is 2. The van der Waals surface area contributed by atoms with Crippen LogP contribution in [0.25, 0.3) is 0 Å². The Labute approximate surface area is 204 Å². The second-order valence-corrected chi connectivity index (χ2v) is 12.5. The molecule has 0 radical (unpaired) electrons. The zero-order chi connectivity index (χ0) is 24.8. The number of hydrogen-bond acceptors (Lipinski definition) is 5. The average Bonchev–Trinajstić information content (AvgIpc) is 3.14. The van der Waals surface area contributed by atoms with E-state index in [1.807, 2.05) is 0 Å². The monoisotopic (exact) mass is 477 g/mol. The third kappa shape index (κ3) is 3.97. The van der Waals surface area contributed by atoms with Crippen LogP contribution in [0.5, 0.6) is 0 Å². The Morgan fingerprint density at radius 2 is 1.85 bits per heavy atom. The molecule has 0 unspecified atom stereocenters. The number of aliphatic hydroxyl groups excluding tert-OH is 1. The molecule has 6 heteroatoms. The lowest BCUT2D eigenvalue weighted by molar-refractivity contribution is -0.226. The maximum absolute atomic E-state index is 16.0. The fraction of sp³-hybridized carbons (Fsp3) is 0.929. The van der Waals surface area contributed by atoms with Gasteiger partial charge in [-0.15, -0.1) is 0 Å². The Hall–Kier alpha value is -1.26. The minimum Gasteiger partial charge on any atom is -0.459 e. The standard InChI is InChI=1S/C28H44FNO4/c1-6-18-24-25(29)22(34-17(3)32)10-13-28(24,5)21-9-12-27(4)19(16(2)11-14-30-15-31)7-8-20(27)23(21)26(18)33/h16,18-26,33H,6-14H2,1-5H3/t16-,18-,19-,20+,21+,22-,23+,24-,25+,26-,27-,28-/m1/s1. The summed E-state index contributed by atoms with van der Waals surface area (Å²) < 4.78 is 21.4. The fourth-order valence-corrected chi connectivity index (χ4v) is 9.79. The highest BCUT2D eigenvalue weighted by molar-refractivity contribution is 5.66. The number of alkyl halides is 1. The van der Waals surface area contributed by atoms with Crippen molar-refractivity contribution in [1.82, 2.24) is 0 Å². The van der Waals surface area contributed by atoms with Gasteiger partial charge < -0.3 is 9.84 Å². The number of carbonyl (C=O) groups is 1. The van der Waals surface area contributed by atoms with Crippen molar-refractivity contribution in [2.45, 2.75) is 104 Å². The van der Waals surface area contributed by atoms with Crippen LogP contribution in [-0.4, -0.2) is 42.1 Å². The molecule has 4 saturated carbocycles. The highest BCUT2D eigenvalue weighted by Crippen LogP contribution is 2.69. The van der Waals surface area contributed by atoms with Crippen molar-refractivity contribution < 1.29 is 23.8 Å². The normalized spacial score (nSPS) is 48.6. The Balaban J connectivity index is 1.62. The van der Waals surface area contributed by atoms with Gasteiger partial charge in [-0.1, -0.05) is 34.1 Å². The van der Waals surface area contributed by atoms with Crippen LogP contribution in [-0.2, 0) is 14.3 Å². The number of aliphatic imine (C=N–C) groups is 1. The summed E-state index contributed by atoms with van der Waals surface area (Å²) in [5.74, 6) is 1.19. The molecule has 0 aliphatic heterocycles. The molecular weight excluding hydrogens is 433 g/mol. The third-order valence-corrected chi connectivity index (χ3v) is 11.2. The largest absolute Gasteiger partial charge is 0.459 e. The molecule has 4 aliphatic rings. The first-order valence-corrected chi connectivity index (χ1v) is 13.6. The molecule has 4 aliphatic carbocycles. The Morgan fingerprint density at radius 3 is 2.50 bits per heavy atom. The number of fused-ring (bicyclic) bond motifs is 5. The number of hydrogen-bond donors (Lipinski definition) is 1. The van der Waals surface area contributed by atoms with E-state index >= 15 is 4.39 Å². The van der Waals surface area contributed by atoms with Gasteiger partial charge in [-0.05, 0) is 91.3 Å². The van der Waals surface area contributed by atoms with Crippen molar-refractivity contribution in [1.29, 1.82) is 0 Å². The highest BCUT2D eigenvalue weighted by Gasteiger charge is 2.67. The van der Waals surface area contributed by atoms with Crippen molar-refractivity contribution >= 4 is 12.0 Å². The molecule has 0 amide bonds. The van der Waals surface area contributed by atoms with E-state index in [0.29, 0.717) is 36.6 Å².